The summed E-state index contributed by atoms with van der Waals surface area (Å²) in [7, 11) is -3.69. The van der Waals surface area contributed by atoms with Gasteiger partial charge in [0.05, 0.1) is 0 Å². The first-order valence-electron chi connectivity index (χ1n) is 4.84. The van der Waals surface area contributed by atoms with Gasteiger partial charge >= 0.3 is 5.97 Å². The van der Waals surface area contributed by atoms with E-state index < -0.39 is 22.2 Å². The van der Waals surface area contributed by atoms with E-state index in [4.69, 9.17) is 5.11 Å². The minimum atomic E-state index is -3.69. The van der Waals surface area contributed by atoms with Crippen molar-refractivity contribution in [3.8, 4) is 0 Å². The third-order valence-electron chi connectivity index (χ3n) is 2.11. The number of carboxylic acid groups (broad SMARTS) is 1. The number of rotatable bonds is 6. The Morgan fingerprint density at radius 2 is 1.93 bits per heavy atom. The average Bonchev–Trinajstić information content (AvgIpc) is 2.82. The SMILES string of the molecule is CC(C)[C@@H](NS(=O)(=O)NC1CC1)C(=O)O. The van der Waals surface area contributed by atoms with Crippen LogP contribution in [0.5, 0.6) is 0 Å². The molecule has 0 spiro atoms. The van der Waals surface area contributed by atoms with Gasteiger partial charge in [-0.25, -0.2) is 0 Å². The van der Waals surface area contributed by atoms with Crippen molar-refractivity contribution in [2.75, 3.05) is 0 Å². The number of carbonyl (C=O) groups is 1. The van der Waals surface area contributed by atoms with Gasteiger partial charge in [-0.2, -0.15) is 17.9 Å². The van der Waals surface area contributed by atoms with E-state index in [-0.39, 0.29) is 12.0 Å². The van der Waals surface area contributed by atoms with E-state index in [2.05, 4.69) is 9.44 Å². The van der Waals surface area contributed by atoms with Crippen LogP contribution in [0.1, 0.15) is 26.7 Å². The molecule has 0 aliphatic heterocycles. The lowest BCUT2D eigenvalue weighted by molar-refractivity contribution is -0.140. The standard InChI is InChI=1S/C8H16N2O4S/c1-5(2)7(8(11)12)10-15(13,14)9-6-3-4-6/h5-7,9-10H,3-4H2,1-2H3,(H,11,12)/t7-/m1/s1. The third kappa shape index (κ3) is 4.15. The van der Waals surface area contributed by atoms with Crippen LogP contribution in [0, 0.1) is 5.92 Å². The lowest BCUT2D eigenvalue weighted by Gasteiger charge is -2.17. The van der Waals surface area contributed by atoms with Crippen LogP contribution in [0.4, 0.5) is 0 Å². The lowest BCUT2D eigenvalue weighted by Crippen LogP contribution is -2.49. The number of aliphatic carboxylic acids is 1. The zero-order chi connectivity index (χ0) is 11.6. The molecular formula is C8H16N2O4S. The molecule has 1 saturated carbocycles. The van der Waals surface area contributed by atoms with Crippen molar-refractivity contribution in [2.45, 2.75) is 38.8 Å². The summed E-state index contributed by atoms with van der Waals surface area (Å²) in [5.74, 6) is -1.45. The highest BCUT2D eigenvalue weighted by Crippen LogP contribution is 2.19. The monoisotopic (exact) mass is 236 g/mol. The number of hydrogen-bond donors (Lipinski definition) is 3. The topological polar surface area (TPSA) is 95.5 Å². The molecule has 0 saturated heterocycles. The molecule has 0 aromatic rings. The van der Waals surface area contributed by atoms with Crippen LogP contribution in [-0.2, 0) is 15.0 Å². The van der Waals surface area contributed by atoms with Crippen LogP contribution in [0.15, 0.2) is 0 Å². The molecule has 0 aromatic heterocycles. The van der Waals surface area contributed by atoms with Gasteiger partial charge in [0.25, 0.3) is 10.2 Å². The zero-order valence-electron chi connectivity index (χ0n) is 8.73. The minimum Gasteiger partial charge on any atom is -0.480 e. The predicted molar refractivity (Wildman–Crippen MR) is 54.5 cm³/mol. The lowest BCUT2D eigenvalue weighted by atomic mass is 10.1. The van der Waals surface area contributed by atoms with Crippen molar-refractivity contribution in [3.05, 3.63) is 0 Å². The summed E-state index contributed by atoms with van der Waals surface area (Å²) in [5, 5.41) is 8.80. The van der Waals surface area contributed by atoms with Gasteiger partial charge in [-0.15, -0.1) is 0 Å². The quantitative estimate of drug-likeness (QED) is 0.589. The normalized spacial score (nSPS) is 19.1. The van der Waals surface area contributed by atoms with Crippen molar-refractivity contribution in [2.24, 2.45) is 5.92 Å². The second kappa shape index (κ2) is 4.46. The van der Waals surface area contributed by atoms with E-state index in [1.54, 1.807) is 13.8 Å². The molecule has 1 atom stereocenters. The minimum absolute atomic E-state index is 0.0240. The summed E-state index contributed by atoms with van der Waals surface area (Å²) in [6.45, 7) is 3.30. The molecule has 0 aromatic carbocycles. The molecule has 88 valence electrons. The molecule has 1 aliphatic carbocycles. The van der Waals surface area contributed by atoms with E-state index >= 15 is 0 Å². The molecule has 0 amide bonds. The molecule has 15 heavy (non-hydrogen) atoms. The van der Waals surface area contributed by atoms with Crippen molar-refractivity contribution in [3.63, 3.8) is 0 Å². The maximum absolute atomic E-state index is 11.4. The molecule has 3 N–H and O–H groups in total. The van der Waals surface area contributed by atoms with Crippen molar-refractivity contribution >= 4 is 16.2 Å². The molecule has 0 bridgehead atoms. The molecule has 1 rings (SSSR count). The summed E-state index contributed by atoms with van der Waals surface area (Å²) in [4.78, 5) is 10.8. The molecule has 6 nitrogen and oxygen atoms in total. The summed E-state index contributed by atoms with van der Waals surface area (Å²) in [5.41, 5.74) is 0. The van der Waals surface area contributed by atoms with Crippen molar-refractivity contribution < 1.29 is 18.3 Å². The fourth-order valence-electron chi connectivity index (χ4n) is 1.09. The second-order valence-electron chi connectivity index (χ2n) is 4.07. The predicted octanol–water partition coefficient (Wildman–Crippen LogP) is -0.318. The maximum atomic E-state index is 11.4. The Kier molecular flexibility index (Phi) is 3.69. The van der Waals surface area contributed by atoms with Gasteiger partial charge in [-0.1, -0.05) is 13.8 Å². The molecule has 1 fully saturated rings. The molecule has 0 radical (unpaired) electrons. The molecule has 0 heterocycles. The summed E-state index contributed by atoms with van der Waals surface area (Å²) in [6.07, 6.45) is 1.64. The van der Waals surface area contributed by atoms with Gasteiger partial charge in [-0.3, -0.25) is 4.79 Å². The van der Waals surface area contributed by atoms with E-state index in [0.29, 0.717) is 0 Å². The van der Waals surface area contributed by atoms with Crippen LogP contribution in [0.3, 0.4) is 0 Å². The molecular weight excluding hydrogens is 220 g/mol. The van der Waals surface area contributed by atoms with Gasteiger partial charge in [0, 0.05) is 6.04 Å². The Balaban J connectivity index is 2.59. The van der Waals surface area contributed by atoms with Gasteiger partial charge in [0.1, 0.15) is 6.04 Å². The third-order valence-corrected chi connectivity index (χ3v) is 3.32. The smallest absolute Gasteiger partial charge is 0.322 e. The average molecular weight is 236 g/mol. The largest absolute Gasteiger partial charge is 0.480 e. The molecule has 0 unspecified atom stereocenters. The van der Waals surface area contributed by atoms with Crippen LogP contribution < -0.4 is 9.44 Å². The van der Waals surface area contributed by atoms with E-state index in [9.17, 15) is 13.2 Å². The van der Waals surface area contributed by atoms with Gasteiger partial charge in [0.15, 0.2) is 0 Å². The summed E-state index contributed by atoms with van der Waals surface area (Å²) >= 11 is 0. The zero-order valence-corrected chi connectivity index (χ0v) is 9.54. The Morgan fingerprint density at radius 1 is 1.40 bits per heavy atom. The number of carboxylic acids is 1. The van der Waals surface area contributed by atoms with Crippen molar-refractivity contribution in [1.29, 1.82) is 0 Å². The molecule has 1 aliphatic rings. The Hall–Kier alpha value is -0.660. The van der Waals surface area contributed by atoms with Crippen LogP contribution in [-0.4, -0.2) is 31.6 Å². The Bertz CT molecular complexity index is 335. The first kappa shape index (κ1) is 12.4. The fourth-order valence-corrected chi connectivity index (χ4v) is 2.54. The maximum Gasteiger partial charge on any atom is 0.322 e. The van der Waals surface area contributed by atoms with E-state index in [0.717, 1.165) is 12.8 Å². The van der Waals surface area contributed by atoms with Crippen LogP contribution >= 0.6 is 0 Å². The molecule has 7 heteroatoms. The van der Waals surface area contributed by atoms with Gasteiger partial charge in [-0.05, 0) is 18.8 Å². The highest BCUT2D eigenvalue weighted by Gasteiger charge is 2.31. The number of nitrogens with one attached hydrogen (secondary N) is 2. The first-order valence-corrected chi connectivity index (χ1v) is 6.32. The Morgan fingerprint density at radius 3 is 2.27 bits per heavy atom. The fraction of sp³-hybridized carbons (Fsp3) is 0.875. The Labute approximate surface area is 89.2 Å². The van der Waals surface area contributed by atoms with Crippen LogP contribution in [0.25, 0.3) is 0 Å². The van der Waals surface area contributed by atoms with E-state index in [1.807, 2.05) is 0 Å². The van der Waals surface area contributed by atoms with E-state index in [1.165, 1.54) is 0 Å². The summed E-state index contributed by atoms with van der Waals surface area (Å²) in [6, 6.07) is -1.11. The number of hydrogen-bond acceptors (Lipinski definition) is 3. The van der Waals surface area contributed by atoms with Gasteiger partial charge in [0.2, 0.25) is 0 Å². The van der Waals surface area contributed by atoms with Crippen LogP contribution in [0.2, 0.25) is 0 Å². The second-order valence-corrected chi connectivity index (χ2v) is 5.55. The van der Waals surface area contributed by atoms with Crippen molar-refractivity contribution in [1.82, 2.24) is 9.44 Å². The highest BCUT2D eigenvalue weighted by molar-refractivity contribution is 7.87. The van der Waals surface area contributed by atoms with Gasteiger partial charge < -0.3 is 5.11 Å². The summed E-state index contributed by atoms with van der Waals surface area (Å²) < 4.78 is 27.3. The highest BCUT2D eigenvalue weighted by atomic mass is 32.2. The first-order chi connectivity index (χ1) is 6.82.